The lowest BCUT2D eigenvalue weighted by Gasteiger charge is -2.49. The molecule has 2 aliphatic heterocycles. The fourth-order valence-corrected chi connectivity index (χ4v) is 2.24. The number of carbonyl (C=O) groups excluding carboxylic acids is 1. The average Bonchev–Trinajstić information content (AvgIpc) is 2.19. The maximum atomic E-state index is 11.1. The highest BCUT2D eigenvalue weighted by Gasteiger charge is 2.40. The molecule has 0 aromatic rings. The quantitative estimate of drug-likeness (QED) is 0.635. The number of carbonyl (C=O) groups is 1. The van der Waals surface area contributed by atoms with Crippen molar-refractivity contribution in [1.29, 1.82) is 0 Å². The molecule has 2 saturated heterocycles. The molecule has 0 radical (unpaired) electrons. The Bertz CT molecular complexity index is 199. The van der Waals surface area contributed by atoms with Gasteiger partial charge in [0.25, 0.3) is 0 Å². The van der Waals surface area contributed by atoms with Crippen molar-refractivity contribution in [2.24, 2.45) is 5.41 Å². The van der Waals surface area contributed by atoms with Gasteiger partial charge >= 0.3 is 0 Å². The van der Waals surface area contributed by atoms with E-state index in [0.29, 0.717) is 5.41 Å². The molecule has 0 aromatic carbocycles. The molecule has 82 valence electrons. The summed E-state index contributed by atoms with van der Waals surface area (Å²) in [4.78, 5) is 13.1. The summed E-state index contributed by atoms with van der Waals surface area (Å²) in [6.45, 7) is 9.84. The SMILES string of the molecule is CC.CC(=O)N1CCCC2(CNC2)C1. The predicted molar refractivity (Wildman–Crippen MR) is 58.1 cm³/mol. The van der Waals surface area contributed by atoms with Crippen molar-refractivity contribution in [3.05, 3.63) is 0 Å². The lowest BCUT2D eigenvalue weighted by atomic mass is 9.75. The number of nitrogens with one attached hydrogen (secondary N) is 1. The molecule has 1 spiro atoms. The molecular weight excluding hydrogens is 176 g/mol. The number of rotatable bonds is 0. The van der Waals surface area contributed by atoms with Crippen molar-refractivity contribution in [1.82, 2.24) is 10.2 Å². The Morgan fingerprint density at radius 1 is 1.36 bits per heavy atom. The van der Waals surface area contributed by atoms with E-state index in [0.717, 1.165) is 26.2 Å². The zero-order valence-corrected chi connectivity index (χ0v) is 9.60. The number of hydrogen-bond acceptors (Lipinski definition) is 2. The van der Waals surface area contributed by atoms with Crippen molar-refractivity contribution >= 4 is 5.91 Å². The first-order valence-corrected chi connectivity index (χ1v) is 5.68. The Morgan fingerprint density at radius 3 is 2.43 bits per heavy atom. The highest BCUT2D eigenvalue weighted by Crippen LogP contribution is 2.33. The Balaban J connectivity index is 0.000000461. The van der Waals surface area contributed by atoms with Crippen LogP contribution in [0.4, 0.5) is 0 Å². The van der Waals surface area contributed by atoms with Crippen molar-refractivity contribution in [3.63, 3.8) is 0 Å². The Morgan fingerprint density at radius 2 is 2.00 bits per heavy atom. The minimum atomic E-state index is 0.237. The molecule has 2 heterocycles. The van der Waals surface area contributed by atoms with Gasteiger partial charge in [-0.15, -0.1) is 0 Å². The second-order valence-electron chi connectivity index (χ2n) is 4.15. The van der Waals surface area contributed by atoms with Crippen LogP contribution in [0.1, 0.15) is 33.6 Å². The van der Waals surface area contributed by atoms with Gasteiger partial charge in [0.1, 0.15) is 0 Å². The van der Waals surface area contributed by atoms with Gasteiger partial charge in [-0.05, 0) is 12.8 Å². The van der Waals surface area contributed by atoms with Gasteiger partial charge in [-0.2, -0.15) is 0 Å². The van der Waals surface area contributed by atoms with Crippen LogP contribution in [-0.2, 0) is 4.79 Å². The van der Waals surface area contributed by atoms with E-state index in [1.807, 2.05) is 18.7 Å². The van der Waals surface area contributed by atoms with Crippen LogP contribution >= 0.6 is 0 Å². The van der Waals surface area contributed by atoms with Crippen LogP contribution < -0.4 is 5.32 Å². The Kier molecular flexibility index (Phi) is 3.93. The third kappa shape index (κ3) is 2.27. The molecule has 14 heavy (non-hydrogen) atoms. The van der Waals surface area contributed by atoms with Crippen LogP contribution in [0.5, 0.6) is 0 Å². The molecule has 1 amide bonds. The molecule has 3 heteroatoms. The molecule has 0 aromatic heterocycles. The van der Waals surface area contributed by atoms with Crippen molar-refractivity contribution in [3.8, 4) is 0 Å². The van der Waals surface area contributed by atoms with Crippen LogP contribution in [0.15, 0.2) is 0 Å². The fraction of sp³-hybridized carbons (Fsp3) is 0.909. The smallest absolute Gasteiger partial charge is 0.219 e. The number of nitrogens with zero attached hydrogens (tertiary/aromatic N) is 1. The summed E-state index contributed by atoms with van der Waals surface area (Å²) >= 11 is 0. The number of piperidine rings is 1. The van der Waals surface area contributed by atoms with E-state index in [2.05, 4.69) is 5.32 Å². The van der Waals surface area contributed by atoms with E-state index in [1.165, 1.54) is 12.8 Å². The normalized spacial score (nSPS) is 23.5. The maximum absolute atomic E-state index is 11.1. The third-order valence-corrected chi connectivity index (χ3v) is 3.11. The van der Waals surface area contributed by atoms with E-state index in [9.17, 15) is 4.79 Å². The van der Waals surface area contributed by atoms with Gasteiger partial charge < -0.3 is 10.2 Å². The molecule has 0 bridgehead atoms. The maximum Gasteiger partial charge on any atom is 0.219 e. The molecule has 3 nitrogen and oxygen atoms in total. The summed E-state index contributed by atoms with van der Waals surface area (Å²) in [6, 6.07) is 0. The summed E-state index contributed by atoms with van der Waals surface area (Å²) in [7, 11) is 0. The Hall–Kier alpha value is -0.570. The minimum Gasteiger partial charge on any atom is -0.342 e. The van der Waals surface area contributed by atoms with E-state index >= 15 is 0 Å². The second-order valence-corrected chi connectivity index (χ2v) is 4.15. The van der Waals surface area contributed by atoms with Crippen LogP contribution in [0.2, 0.25) is 0 Å². The van der Waals surface area contributed by atoms with Crippen LogP contribution in [0.3, 0.4) is 0 Å². The topological polar surface area (TPSA) is 32.3 Å². The summed E-state index contributed by atoms with van der Waals surface area (Å²) in [5, 5.41) is 3.29. The lowest BCUT2D eigenvalue weighted by Crippen LogP contribution is -2.61. The summed E-state index contributed by atoms with van der Waals surface area (Å²) in [5.41, 5.74) is 0.448. The van der Waals surface area contributed by atoms with Crippen molar-refractivity contribution in [2.45, 2.75) is 33.6 Å². The average molecular weight is 198 g/mol. The molecule has 0 unspecified atom stereocenters. The first-order valence-electron chi connectivity index (χ1n) is 5.68. The van der Waals surface area contributed by atoms with E-state index in [1.54, 1.807) is 6.92 Å². The van der Waals surface area contributed by atoms with Gasteiger partial charge in [0.15, 0.2) is 0 Å². The van der Waals surface area contributed by atoms with Crippen LogP contribution in [0.25, 0.3) is 0 Å². The molecule has 2 rings (SSSR count). The first kappa shape index (κ1) is 11.5. The summed E-state index contributed by atoms with van der Waals surface area (Å²) in [6.07, 6.45) is 2.48. The Labute approximate surface area is 86.9 Å². The standard InChI is InChI=1S/C9H16N2O.C2H6/c1-8(12)11-4-2-3-9(7-11)5-10-6-9;1-2/h10H,2-7H2,1H3;1-2H3. The van der Waals surface area contributed by atoms with Crippen LogP contribution in [-0.4, -0.2) is 37.0 Å². The zero-order valence-electron chi connectivity index (χ0n) is 9.60. The number of amides is 1. The molecule has 2 fully saturated rings. The largest absolute Gasteiger partial charge is 0.342 e. The van der Waals surface area contributed by atoms with Crippen molar-refractivity contribution < 1.29 is 4.79 Å². The number of hydrogen-bond donors (Lipinski definition) is 1. The van der Waals surface area contributed by atoms with Gasteiger partial charge in [-0.1, -0.05) is 13.8 Å². The van der Waals surface area contributed by atoms with E-state index in [4.69, 9.17) is 0 Å². The zero-order chi connectivity index (χ0) is 10.6. The van der Waals surface area contributed by atoms with E-state index in [-0.39, 0.29) is 5.91 Å². The number of likely N-dealkylation sites (tertiary alicyclic amines) is 1. The minimum absolute atomic E-state index is 0.237. The van der Waals surface area contributed by atoms with Gasteiger partial charge in [0, 0.05) is 38.5 Å². The fourth-order valence-electron chi connectivity index (χ4n) is 2.24. The molecule has 0 aliphatic carbocycles. The van der Waals surface area contributed by atoms with Crippen molar-refractivity contribution in [2.75, 3.05) is 26.2 Å². The summed E-state index contributed by atoms with van der Waals surface area (Å²) < 4.78 is 0. The third-order valence-electron chi connectivity index (χ3n) is 3.11. The van der Waals surface area contributed by atoms with E-state index < -0.39 is 0 Å². The van der Waals surface area contributed by atoms with Gasteiger partial charge in [0.2, 0.25) is 5.91 Å². The highest BCUT2D eigenvalue weighted by atomic mass is 16.2. The monoisotopic (exact) mass is 198 g/mol. The molecule has 1 N–H and O–H groups in total. The second kappa shape index (κ2) is 4.78. The molecular formula is C11H22N2O. The molecule has 0 saturated carbocycles. The predicted octanol–water partition coefficient (Wildman–Crippen LogP) is 1.24. The van der Waals surface area contributed by atoms with Gasteiger partial charge in [-0.3, -0.25) is 4.79 Å². The first-order chi connectivity index (χ1) is 6.72. The summed E-state index contributed by atoms with van der Waals surface area (Å²) in [5.74, 6) is 0.237. The molecule has 2 aliphatic rings. The van der Waals surface area contributed by atoms with Crippen LogP contribution in [0, 0.1) is 5.41 Å². The van der Waals surface area contributed by atoms with Gasteiger partial charge in [0.05, 0.1) is 0 Å². The van der Waals surface area contributed by atoms with Gasteiger partial charge in [-0.25, -0.2) is 0 Å². The molecule has 0 atom stereocenters. The highest BCUT2D eigenvalue weighted by molar-refractivity contribution is 5.73. The lowest BCUT2D eigenvalue weighted by molar-refractivity contribution is -0.133.